The number of nitrogens with one attached hydrogen (secondary N) is 1. The van der Waals surface area contributed by atoms with E-state index in [0.29, 0.717) is 5.75 Å². The first-order valence-corrected chi connectivity index (χ1v) is 12.4. The van der Waals surface area contributed by atoms with E-state index in [4.69, 9.17) is 9.47 Å². The van der Waals surface area contributed by atoms with Crippen LogP contribution in [0.5, 0.6) is 11.5 Å². The normalized spacial score (nSPS) is 11.5. The lowest BCUT2D eigenvalue weighted by Gasteiger charge is -2.22. The van der Waals surface area contributed by atoms with Gasteiger partial charge >= 0.3 is 0 Å². The van der Waals surface area contributed by atoms with E-state index in [9.17, 15) is 13.2 Å². The molecule has 178 valence electrons. The van der Waals surface area contributed by atoms with Crippen LogP contribution in [0.4, 0.5) is 0 Å². The van der Waals surface area contributed by atoms with Gasteiger partial charge in [0.1, 0.15) is 16.4 Å². The first-order valence-electron chi connectivity index (χ1n) is 10.2. The average molecular weight is 546 g/mol. The number of carbonyl (C=O) groups excluding carboxylic acids is 1. The van der Waals surface area contributed by atoms with Crippen LogP contribution in [0.2, 0.25) is 0 Å². The number of halogens is 1. The Morgan fingerprint density at radius 3 is 2.38 bits per heavy atom. The maximum absolute atomic E-state index is 13.6. The van der Waals surface area contributed by atoms with Crippen molar-refractivity contribution < 1.29 is 22.7 Å². The molecule has 0 unspecified atom stereocenters. The summed E-state index contributed by atoms with van der Waals surface area (Å²) in [6, 6.07) is 20.8. The lowest BCUT2D eigenvalue weighted by molar-refractivity contribution is -0.121. The van der Waals surface area contributed by atoms with Crippen LogP contribution in [0.25, 0.3) is 0 Å². The third-order valence-corrected chi connectivity index (χ3v) is 7.14. The molecule has 34 heavy (non-hydrogen) atoms. The van der Waals surface area contributed by atoms with Crippen LogP contribution in [0.1, 0.15) is 11.1 Å². The third-order valence-electron chi connectivity index (χ3n) is 4.78. The number of sulfonamides is 1. The molecule has 0 spiro atoms. The fourth-order valence-electron chi connectivity index (χ4n) is 3.06. The van der Waals surface area contributed by atoms with Gasteiger partial charge in [-0.25, -0.2) is 13.8 Å². The van der Waals surface area contributed by atoms with Crippen LogP contribution in [-0.4, -0.2) is 45.6 Å². The van der Waals surface area contributed by atoms with Crippen LogP contribution in [0, 0.1) is 0 Å². The lowest BCUT2D eigenvalue weighted by atomic mass is 10.2. The van der Waals surface area contributed by atoms with Gasteiger partial charge in [0.2, 0.25) is 10.0 Å². The minimum absolute atomic E-state index is 0.0117. The molecule has 3 rings (SSSR count). The van der Waals surface area contributed by atoms with E-state index in [1.54, 1.807) is 24.3 Å². The molecule has 8 nitrogen and oxygen atoms in total. The number of nitrogens with zero attached hydrogens (tertiary/aromatic N) is 2. The van der Waals surface area contributed by atoms with Gasteiger partial charge in [-0.2, -0.15) is 9.41 Å². The monoisotopic (exact) mass is 545 g/mol. The van der Waals surface area contributed by atoms with E-state index < -0.39 is 22.5 Å². The van der Waals surface area contributed by atoms with Gasteiger partial charge in [-0.15, -0.1) is 0 Å². The molecule has 3 aromatic carbocycles. The van der Waals surface area contributed by atoms with Gasteiger partial charge in [0.15, 0.2) is 0 Å². The summed E-state index contributed by atoms with van der Waals surface area (Å²) in [5.41, 5.74) is 3.90. The van der Waals surface area contributed by atoms with Crippen molar-refractivity contribution in [3.05, 3.63) is 88.4 Å². The molecule has 0 aliphatic rings. The summed E-state index contributed by atoms with van der Waals surface area (Å²) in [6.07, 6.45) is 1.48. The molecule has 0 aromatic heterocycles. The SMILES string of the molecule is COc1ccc(S(=O)(=O)N(CC(=O)N/N=C\c2ccc(Br)cc2)Cc2ccccc2)c(OC)c1. The summed E-state index contributed by atoms with van der Waals surface area (Å²) in [5, 5.41) is 3.94. The largest absolute Gasteiger partial charge is 0.497 e. The van der Waals surface area contributed by atoms with Crippen molar-refractivity contribution in [3.63, 3.8) is 0 Å². The van der Waals surface area contributed by atoms with E-state index in [2.05, 4.69) is 26.5 Å². The van der Waals surface area contributed by atoms with Crippen molar-refractivity contribution >= 4 is 38.1 Å². The first kappa shape index (κ1) is 25.4. The van der Waals surface area contributed by atoms with Crippen LogP contribution in [0.15, 0.2) is 87.3 Å². The predicted octanol–water partition coefficient (Wildman–Crippen LogP) is 3.81. The minimum Gasteiger partial charge on any atom is -0.497 e. The van der Waals surface area contributed by atoms with Gasteiger partial charge in [0, 0.05) is 17.1 Å². The molecule has 10 heteroatoms. The molecule has 0 fully saturated rings. The van der Waals surface area contributed by atoms with Crippen LogP contribution in [0.3, 0.4) is 0 Å². The van der Waals surface area contributed by atoms with E-state index in [1.165, 1.54) is 38.6 Å². The van der Waals surface area contributed by atoms with Gasteiger partial charge < -0.3 is 9.47 Å². The zero-order valence-electron chi connectivity index (χ0n) is 18.6. The van der Waals surface area contributed by atoms with Crippen molar-refractivity contribution in [3.8, 4) is 11.5 Å². The Bertz CT molecular complexity index is 1250. The number of hydrazone groups is 1. The summed E-state index contributed by atoms with van der Waals surface area (Å²) in [6.45, 7) is -0.452. The molecule has 0 atom stereocenters. The molecule has 1 amide bonds. The fraction of sp³-hybridized carbons (Fsp3) is 0.167. The highest BCUT2D eigenvalue weighted by Gasteiger charge is 2.30. The smallest absolute Gasteiger partial charge is 0.255 e. The molecular formula is C24H24BrN3O5S. The number of hydrogen-bond acceptors (Lipinski definition) is 6. The highest BCUT2D eigenvalue weighted by atomic mass is 79.9. The maximum Gasteiger partial charge on any atom is 0.255 e. The highest BCUT2D eigenvalue weighted by Crippen LogP contribution is 2.31. The van der Waals surface area contributed by atoms with E-state index >= 15 is 0 Å². The van der Waals surface area contributed by atoms with Gasteiger partial charge in [-0.1, -0.05) is 58.4 Å². The Labute approximate surface area is 207 Å². The zero-order chi connectivity index (χ0) is 24.6. The van der Waals surface area contributed by atoms with Crippen LogP contribution in [-0.2, 0) is 21.4 Å². The average Bonchev–Trinajstić information content (AvgIpc) is 2.85. The molecule has 0 heterocycles. The highest BCUT2D eigenvalue weighted by molar-refractivity contribution is 9.10. The van der Waals surface area contributed by atoms with Crippen molar-refractivity contribution in [2.45, 2.75) is 11.4 Å². The molecule has 3 aromatic rings. The topological polar surface area (TPSA) is 97.3 Å². The van der Waals surface area contributed by atoms with Gasteiger partial charge in [-0.3, -0.25) is 4.79 Å². The molecule has 0 bridgehead atoms. The second kappa shape index (κ2) is 11.8. The second-order valence-electron chi connectivity index (χ2n) is 7.12. The maximum atomic E-state index is 13.6. The lowest BCUT2D eigenvalue weighted by Crippen LogP contribution is -2.39. The fourth-order valence-corrected chi connectivity index (χ4v) is 4.85. The molecule has 0 saturated carbocycles. The Balaban J connectivity index is 1.84. The third kappa shape index (κ3) is 6.66. The number of methoxy groups -OCH3 is 2. The Morgan fingerprint density at radius 2 is 1.74 bits per heavy atom. The van der Waals surface area contributed by atoms with Gasteiger partial charge in [-0.05, 0) is 35.4 Å². The number of benzene rings is 3. The number of rotatable bonds is 10. The quantitative estimate of drug-likeness (QED) is 0.308. The van der Waals surface area contributed by atoms with Crippen molar-refractivity contribution in [1.29, 1.82) is 0 Å². The van der Waals surface area contributed by atoms with Gasteiger partial charge in [0.05, 0.1) is 27.0 Å². The predicted molar refractivity (Wildman–Crippen MR) is 133 cm³/mol. The number of amides is 1. The molecule has 0 saturated heterocycles. The first-order chi connectivity index (χ1) is 16.3. The summed E-state index contributed by atoms with van der Waals surface area (Å²) in [5.74, 6) is -0.0168. The van der Waals surface area contributed by atoms with E-state index in [0.717, 1.165) is 19.9 Å². The van der Waals surface area contributed by atoms with E-state index in [-0.39, 0.29) is 17.2 Å². The number of hydrogen-bond donors (Lipinski definition) is 1. The molecule has 0 aliphatic heterocycles. The Morgan fingerprint density at radius 1 is 1.03 bits per heavy atom. The number of ether oxygens (including phenoxy) is 2. The molecule has 0 radical (unpaired) electrons. The minimum atomic E-state index is -4.11. The molecule has 0 aliphatic carbocycles. The van der Waals surface area contributed by atoms with Crippen LogP contribution >= 0.6 is 15.9 Å². The van der Waals surface area contributed by atoms with E-state index in [1.807, 2.05) is 30.3 Å². The summed E-state index contributed by atoms with van der Waals surface area (Å²) < 4.78 is 39.6. The molecule has 1 N–H and O–H groups in total. The zero-order valence-corrected chi connectivity index (χ0v) is 21.0. The molecular weight excluding hydrogens is 522 g/mol. The Kier molecular flexibility index (Phi) is 8.80. The number of carbonyl (C=O) groups is 1. The summed E-state index contributed by atoms with van der Waals surface area (Å²) in [7, 11) is -1.26. The van der Waals surface area contributed by atoms with Crippen LogP contribution < -0.4 is 14.9 Å². The summed E-state index contributed by atoms with van der Waals surface area (Å²) >= 11 is 3.35. The van der Waals surface area contributed by atoms with Crippen molar-refractivity contribution in [1.82, 2.24) is 9.73 Å². The standard InChI is InChI=1S/C24H24BrN3O5S/c1-32-21-12-13-23(22(14-21)33-2)34(30,31)28(16-19-6-4-3-5-7-19)17-24(29)27-26-15-18-8-10-20(25)11-9-18/h3-15H,16-17H2,1-2H3,(H,27,29)/b26-15-. The van der Waals surface area contributed by atoms with Crippen molar-refractivity contribution in [2.24, 2.45) is 5.10 Å². The van der Waals surface area contributed by atoms with Gasteiger partial charge in [0.25, 0.3) is 5.91 Å². The van der Waals surface area contributed by atoms with Crippen molar-refractivity contribution in [2.75, 3.05) is 20.8 Å². The summed E-state index contributed by atoms with van der Waals surface area (Å²) in [4.78, 5) is 12.6. The second-order valence-corrected chi connectivity index (χ2v) is 9.94. The Hall–Kier alpha value is -3.21.